The van der Waals surface area contributed by atoms with Crippen molar-refractivity contribution in [3.63, 3.8) is 0 Å². The molecule has 0 aliphatic carbocycles. The van der Waals surface area contributed by atoms with Gasteiger partial charge in [-0.15, -0.1) is 0 Å². The average molecular weight is 677 g/mol. The van der Waals surface area contributed by atoms with Gasteiger partial charge in [0.25, 0.3) is 11.1 Å². The normalized spacial score (nSPS) is 18.0. The van der Waals surface area contributed by atoms with Gasteiger partial charge in [-0.3, -0.25) is 18.7 Å². The Labute approximate surface area is 295 Å². The first-order valence-corrected chi connectivity index (χ1v) is 17.4. The summed E-state index contributed by atoms with van der Waals surface area (Å²) in [5.41, 5.74) is 3.07. The Morgan fingerprint density at radius 1 is 0.725 bits per heavy atom. The van der Waals surface area contributed by atoms with Crippen LogP contribution in [0.2, 0.25) is 0 Å². The van der Waals surface area contributed by atoms with Crippen LogP contribution in [-0.4, -0.2) is 34.7 Å². The lowest BCUT2D eigenvalue weighted by atomic mass is 10.00. The van der Waals surface area contributed by atoms with Crippen molar-refractivity contribution in [2.75, 3.05) is 0 Å². The highest BCUT2D eigenvalue weighted by atomic mass is 19.1. The smallest absolute Gasteiger partial charge is 0.261 e. The van der Waals surface area contributed by atoms with Gasteiger partial charge in [-0.25, -0.2) is 24.3 Å². The molecular weight excluding hydrogens is 640 g/mol. The molecule has 2 aliphatic heterocycles. The number of alkyl halides is 1. The zero-order valence-electron chi connectivity index (χ0n) is 28.7. The largest absolute Gasteiger partial charge is 0.296 e. The zero-order valence-corrected chi connectivity index (χ0v) is 28.7. The number of halogens is 1. The van der Waals surface area contributed by atoms with E-state index in [2.05, 4.69) is 45.6 Å². The Balaban J connectivity index is 0.000000159. The van der Waals surface area contributed by atoms with Gasteiger partial charge in [-0.2, -0.15) is 0 Å². The van der Waals surface area contributed by atoms with Crippen molar-refractivity contribution in [2.45, 2.75) is 77.0 Å². The minimum Gasteiger partial charge on any atom is -0.296 e. The highest BCUT2D eigenvalue weighted by molar-refractivity contribution is 5.80. The van der Waals surface area contributed by atoms with Gasteiger partial charge in [-0.05, 0) is 105 Å². The van der Waals surface area contributed by atoms with E-state index in [0.717, 1.165) is 54.0 Å². The molecule has 254 valence electrons. The van der Waals surface area contributed by atoms with E-state index >= 15 is 0 Å². The van der Waals surface area contributed by atoms with Crippen LogP contribution in [0, 0.1) is 23.7 Å². The molecule has 2 aliphatic rings. The van der Waals surface area contributed by atoms with Gasteiger partial charge in [-0.1, -0.05) is 37.3 Å². The third-order valence-electron chi connectivity index (χ3n) is 9.45. The molecule has 2 unspecified atom stereocenters. The first-order valence-electron chi connectivity index (χ1n) is 17.4. The van der Waals surface area contributed by atoms with Gasteiger partial charge < -0.3 is 0 Å². The van der Waals surface area contributed by atoms with Crippen molar-refractivity contribution in [3.8, 4) is 23.7 Å². The molecule has 0 amide bonds. The summed E-state index contributed by atoms with van der Waals surface area (Å²) in [6, 6.07) is 22.2. The van der Waals surface area contributed by atoms with E-state index in [-0.39, 0.29) is 11.1 Å². The number of aromatic nitrogens is 6. The van der Waals surface area contributed by atoms with Crippen LogP contribution >= 0.6 is 0 Å². The summed E-state index contributed by atoms with van der Waals surface area (Å²) in [5.74, 6) is 14.1. The van der Waals surface area contributed by atoms with Crippen molar-refractivity contribution < 1.29 is 4.39 Å². The third kappa shape index (κ3) is 7.64. The van der Waals surface area contributed by atoms with Gasteiger partial charge in [0.05, 0.1) is 21.8 Å². The quantitative estimate of drug-likeness (QED) is 0.166. The summed E-state index contributed by atoms with van der Waals surface area (Å²) in [6.07, 6.45) is 7.85. The first kappa shape index (κ1) is 33.6. The molecule has 2 aromatic carbocycles. The van der Waals surface area contributed by atoms with Crippen LogP contribution in [0.25, 0.3) is 21.8 Å². The predicted octanol–water partition coefficient (Wildman–Crippen LogP) is 6.73. The van der Waals surface area contributed by atoms with Crippen LogP contribution in [0.5, 0.6) is 0 Å². The van der Waals surface area contributed by atoms with E-state index in [4.69, 9.17) is 4.98 Å². The molecule has 0 fully saturated rings. The van der Waals surface area contributed by atoms with E-state index in [9.17, 15) is 14.0 Å². The molecule has 2 atom stereocenters. The summed E-state index contributed by atoms with van der Waals surface area (Å²) in [6.45, 7) is 4.88. The summed E-state index contributed by atoms with van der Waals surface area (Å²) in [5, 5.41) is 1.21. The van der Waals surface area contributed by atoms with E-state index < -0.39 is 5.67 Å². The van der Waals surface area contributed by atoms with Crippen LogP contribution in [0.1, 0.15) is 86.0 Å². The van der Waals surface area contributed by atoms with E-state index in [1.165, 1.54) is 0 Å². The molecule has 9 heteroatoms. The summed E-state index contributed by atoms with van der Waals surface area (Å²) < 4.78 is 17.8. The number of rotatable bonds is 0. The van der Waals surface area contributed by atoms with E-state index in [1.807, 2.05) is 71.3 Å². The Bertz CT molecular complexity index is 2490. The average Bonchev–Trinajstić information content (AvgIpc) is 3.43. The molecular formula is C42H37FN6O2. The molecule has 4 aromatic heterocycles. The number of aryl methyl sites for hydroxylation is 1. The first-order chi connectivity index (χ1) is 24.7. The maximum atomic E-state index is 14.3. The summed E-state index contributed by atoms with van der Waals surface area (Å²) in [7, 11) is 0. The van der Waals surface area contributed by atoms with Crippen molar-refractivity contribution in [1.29, 1.82) is 0 Å². The van der Waals surface area contributed by atoms with Crippen molar-refractivity contribution in [3.05, 3.63) is 140 Å². The maximum Gasteiger partial charge on any atom is 0.261 e. The summed E-state index contributed by atoms with van der Waals surface area (Å²) >= 11 is 0. The zero-order chi connectivity index (χ0) is 35.4. The lowest BCUT2D eigenvalue weighted by Gasteiger charge is -2.15. The molecule has 0 saturated heterocycles. The van der Waals surface area contributed by atoms with Crippen molar-refractivity contribution >= 4 is 21.8 Å². The standard InChI is InChI=1S/C21H18FN3O.C21H19N3O/c1-21(22)10-9-19-24-18-14-15(5-7-16-4-2-3-12-23-16)6-8-17(18)20(26)25(19)13-11-21;1-15-6-3-5-13-24-20(15)23-19-14-16(9-11-18(19)21(24)25)8-10-17-7-2-4-12-22-17/h2-4,6,8,12,14H,9-11,13H2,1H3;2,4,7,9,11-12,14-15H,3,5-6,13H2,1H3. The number of nitrogens with zero attached hydrogens (tertiary/aromatic N) is 6. The van der Waals surface area contributed by atoms with Crippen LogP contribution in [0.3, 0.4) is 0 Å². The molecule has 8 rings (SSSR count). The SMILES string of the molecule is CC1(F)CCc2nc3cc(C#Cc4ccccn4)ccc3c(=O)n2CC1.CC1CCCCn2c1nc1cc(C#Cc3ccccn3)ccc1c2=O. The number of pyridine rings is 2. The highest BCUT2D eigenvalue weighted by Gasteiger charge is 2.28. The second-order valence-corrected chi connectivity index (χ2v) is 13.4. The highest BCUT2D eigenvalue weighted by Crippen LogP contribution is 2.27. The Hall–Kier alpha value is -5.93. The monoisotopic (exact) mass is 676 g/mol. The van der Waals surface area contributed by atoms with Gasteiger partial charge in [0, 0.05) is 48.9 Å². The third-order valence-corrected chi connectivity index (χ3v) is 9.45. The maximum absolute atomic E-state index is 14.3. The van der Waals surface area contributed by atoms with Crippen LogP contribution in [0.4, 0.5) is 4.39 Å². The molecule has 6 aromatic rings. The topological polar surface area (TPSA) is 95.6 Å². The van der Waals surface area contributed by atoms with Gasteiger partial charge in [0.15, 0.2) is 0 Å². The number of hydrogen-bond donors (Lipinski definition) is 0. The fourth-order valence-electron chi connectivity index (χ4n) is 6.51. The van der Waals surface area contributed by atoms with Gasteiger partial charge >= 0.3 is 0 Å². The lowest BCUT2D eigenvalue weighted by Crippen LogP contribution is -2.25. The fraction of sp³-hybridized carbons (Fsp3) is 0.286. The molecule has 8 nitrogen and oxygen atoms in total. The lowest BCUT2D eigenvalue weighted by molar-refractivity contribution is 0.162. The molecule has 51 heavy (non-hydrogen) atoms. The molecule has 0 radical (unpaired) electrons. The molecule has 0 bridgehead atoms. The predicted molar refractivity (Wildman–Crippen MR) is 197 cm³/mol. The molecule has 0 spiro atoms. The second-order valence-electron chi connectivity index (χ2n) is 13.4. The van der Waals surface area contributed by atoms with E-state index in [1.54, 1.807) is 30.0 Å². The van der Waals surface area contributed by atoms with Crippen molar-refractivity contribution in [2.24, 2.45) is 0 Å². The minimum absolute atomic E-state index is 0.0676. The Kier molecular flexibility index (Phi) is 9.55. The number of benzene rings is 2. The van der Waals surface area contributed by atoms with E-state index in [0.29, 0.717) is 59.5 Å². The molecule has 0 saturated carbocycles. The Morgan fingerprint density at radius 3 is 1.94 bits per heavy atom. The molecule has 6 heterocycles. The minimum atomic E-state index is -1.26. The molecule has 0 N–H and O–H groups in total. The van der Waals surface area contributed by atoms with Crippen LogP contribution < -0.4 is 11.1 Å². The van der Waals surface area contributed by atoms with Gasteiger partial charge in [0.2, 0.25) is 0 Å². The van der Waals surface area contributed by atoms with Crippen LogP contribution in [-0.2, 0) is 19.5 Å². The number of hydrogen-bond acceptors (Lipinski definition) is 6. The number of fused-ring (bicyclic) bond motifs is 4. The summed E-state index contributed by atoms with van der Waals surface area (Å²) in [4.78, 5) is 43.4. The second kappa shape index (κ2) is 14.5. The fourth-order valence-corrected chi connectivity index (χ4v) is 6.51. The van der Waals surface area contributed by atoms with Crippen molar-refractivity contribution in [1.82, 2.24) is 29.1 Å². The Morgan fingerprint density at radius 2 is 1.33 bits per heavy atom. The van der Waals surface area contributed by atoms with Crippen LogP contribution in [0.15, 0.2) is 94.8 Å². The van der Waals surface area contributed by atoms with Gasteiger partial charge in [0.1, 0.15) is 28.7 Å².